The Morgan fingerprint density at radius 3 is 2.10 bits per heavy atom. The molecule has 3 N–H and O–H groups in total. The van der Waals surface area contributed by atoms with Crippen molar-refractivity contribution in [1.82, 2.24) is 15.5 Å². The predicted octanol–water partition coefficient (Wildman–Crippen LogP) is 5.17. The molecule has 1 aliphatic heterocycles. The van der Waals surface area contributed by atoms with Crippen molar-refractivity contribution >= 4 is 29.5 Å². The molecule has 1 heterocycles. The highest BCUT2D eigenvalue weighted by Gasteiger charge is 2.49. The van der Waals surface area contributed by atoms with Crippen LogP contribution in [0.15, 0.2) is 60.7 Å². The Bertz CT molecular complexity index is 1570. The predicted molar refractivity (Wildman–Crippen MR) is 190 cm³/mol. The van der Waals surface area contributed by atoms with E-state index in [9.17, 15) is 19.5 Å². The minimum Gasteiger partial charge on any atom is -0.491 e. The van der Waals surface area contributed by atoms with Crippen molar-refractivity contribution in [3.8, 4) is 11.5 Å². The van der Waals surface area contributed by atoms with Crippen LogP contribution in [0.3, 0.4) is 0 Å². The minimum absolute atomic E-state index is 0.00712. The van der Waals surface area contributed by atoms with E-state index in [2.05, 4.69) is 10.6 Å². The van der Waals surface area contributed by atoms with Gasteiger partial charge in [0, 0.05) is 11.3 Å². The number of nitrogens with one attached hydrogen (secondary N) is 2. The fourth-order valence-corrected chi connectivity index (χ4v) is 7.18. The van der Waals surface area contributed by atoms with E-state index in [1.807, 2.05) is 116 Å². The number of aliphatic hydroxyl groups excluding tert-OH is 1. The molecule has 0 aromatic heterocycles. The summed E-state index contributed by atoms with van der Waals surface area (Å²) in [5.74, 6) is 0.139. The zero-order valence-electron chi connectivity index (χ0n) is 29.3. The third kappa shape index (κ3) is 9.11. The number of ether oxygens (including phenoxy) is 2. The molecule has 0 bridgehead atoms. The molecular weight excluding hydrogens is 627 g/mol. The zero-order chi connectivity index (χ0) is 35.2. The number of para-hydroxylation sites is 1. The summed E-state index contributed by atoms with van der Waals surface area (Å²) < 4.78 is 11.0. The maximum absolute atomic E-state index is 14.1. The van der Waals surface area contributed by atoms with E-state index >= 15 is 0 Å². The summed E-state index contributed by atoms with van der Waals surface area (Å²) in [7, 11) is 0. The van der Waals surface area contributed by atoms with Crippen molar-refractivity contribution in [1.29, 1.82) is 0 Å². The maximum atomic E-state index is 14.1. The highest BCUT2D eigenvalue weighted by Crippen LogP contribution is 2.40. The van der Waals surface area contributed by atoms with E-state index in [0.717, 1.165) is 33.4 Å². The topological polar surface area (TPSA) is 117 Å². The summed E-state index contributed by atoms with van der Waals surface area (Å²) in [5, 5.41) is 17.5. The summed E-state index contributed by atoms with van der Waals surface area (Å²) in [6, 6.07) is 17.2. The average Bonchev–Trinajstić information content (AvgIpc) is 3.34. The van der Waals surface area contributed by atoms with Crippen molar-refractivity contribution in [2.45, 2.75) is 97.4 Å². The Morgan fingerprint density at radius 1 is 0.938 bits per heavy atom. The van der Waals surface area contributed by atoms with Gasteiger partial charge in [-0.25, -0.2) is 0 Å². The molecule has 3 atom stereocenters. The highest BCUT2D eigenvalue weighted by atomic mass is 32.2. The molecule has 9 nitrogen and oxygen atoms in total. The van der Waals surface area contributed by atoms with E-state index in [0.29, 0.717) is 18.0 Å². The molecule has 48 heavy (non-hydrogen) atoms. The number of thioether (sulfide) groups is 1. The molecule has 0 radical (unpaired) electrons. The fourth-order valence-electron chi connectivity index (χ4n) is 6.04. The monoisotopic (exact) mass is 675 g/mol. The van der Waals surface area contributed by atoms with Crippen molar-refractivity contribution in [2.75, 3.05) is 12.5 Å². The molecule has 1 aliphatic rings. The quantitative estimate of drug-likeness (QED) is 0.229. The van der Waals surface area contributed by atoms with Crippen molar-refractivity contribution in [3.05, 3.63) is 94.0 Å². The van der Waals surface area contributed by atoms with E-state index < -0.39 is 34.7 Å². The number of hydrogen-bond donors (Lipinski definition) is 3. The van der Waals surface area contributed by atoms with E-state index in [-0.39, 0.29) is 30.9 Å². The van der Waals surface area contributed by atoms with E-state index in [1.54, 1.807) is 0 Å². The molecule has 3 aromatic carbocycles. The lowest BCUT2D eigenvalue weighted by Crippen LogP contribution is -2.59. The molecule has 1 fully saturated rings. The lowest BCUT2D eigenvalue weighted by Gasteiger charge is -2.33. The van der Waals surface area contributed by atoms with Gasteiger partial charge in [0.05, 0.1) is 18.0 Å². The van der Waals surface area contributed by atoms with Crippen LogP contribution < -0.4 is 20.1 Å². The number of aryl methyl sites for hydroxylation is 4. The van der Waals surface area contributed by atoms with Gasteiger partial charge in [0.15, 0.2) is 12.7 Å². The van der Waals surface area contributed by atoms with Crippen molar-refractivity contribution < 1.29 is 29.0 Å². The lowest BCUT2D eigenvalue weighted by atomic mass is 9.96. The van der Waals surface area contributed by atoms with Gasteiger partial charge >= 0.3 is 0 Å². The zero-order valence-corrected chi connectivity index (χ0v) is 30.1. The Hall–Kier alpha value is -4.02. The van der Waals surface area contributed by atoms with Crippen LogP contribution in [0.5, 0.6) is 11.5 Å². The van der Waals surface area contributed by atoms with Gasteiger partial charge in [0.1, 0.15) is 17.5 Å². The second kappa shape index (κ2) is 15.9. The Kier molecular flexibility index (Phi) is 12.2. The second-order valence-corrected chi connectivity index (χ2v) is 14.9. The van der Waals surface area contributed by atoms with Crippen LogP contribution in [-0.2, 0) is 27.3 Å². The van der Waals surface area contributed by atoms with Gasteiger partial charge in [-0.15, -0.1) is 11.8 Å². The van der Waals surface area contributed by atoms with Crippen LogP contribution >= 0.6 is 11.8 Å². The summed E-state index contributed by atoms with van der Waals surface area (Å²) in [6.07, 6.45) is -1.45. The molecule has 3 amide bonds. The largest absolute Gasteiger partial charge is 0.491 e. The highest BCUT2D eigenvalue weighted by molar-refractivity contribution is 8.00. The third-order valence-electron chi connectivity index (χ3n) is 8.65. The average molecular weight is 676 g/mol. The van der Waals surface area contributed by atoms with Gasteiger partial charge in [-0.2, -0.15) is 0 Å². The van der Waals surface area contributed by atoms with Crippen LogP contribution in [-0.4, -0.2) is 69.3 Å². The molecule has 0 saturated carbocycles. The van der Waals surface area contributed by atoms with Crippen LogP contribution in [0.4, 0.5) is 0 Å². The number of amides is 3. The van der Waals surface area contributed by atoms with Gasteiger partial charge in [-0.1, -0.05) is 48.5 Å². The molecule has 1 unspecified atom stereocenters. The maximum Gasteiger partial charge on any atom is 0.258 e. The van der Waals surface area contributed by atoms with Gasteiger partial charge in [0.2, 0.25) is 5.91 Å². The number of carbonyl (C=O) groups is 3. The first-order chi connectivity index (χ1) is 22.7. The smallest absolute Gasteiger partial charge is 0.258 e. The summed E-state index contributed by atoms with van der Waals surface area (Å²) in [4.78, 5) is 42.5. The molecule has 1 saturated heterocycles. The minimum atomic E-state index is -1.62. The Balaban J connectivity index is 1.53. The molecule has 4 rings (SSSR count). The van der Waals surface area contributed by atoms with Gasteiger partial charge in [-0.3, -0.25) is 14.4 Å². The van der Waals surface area contributed by atoms with Gasteiger partial charge in [0.25, 0.3) is 11.8 Å². The number of benzene rings is 3. The third-order valence-corrected chi connectivity index (χ3v) is 10.0. The Labute approximate surface area is 288 Å². The standard InChI is InChI=1S/C38H49N3O6S/c1-23(2)47-29-17-15-28(16-18-29)19-31(40-32(42)21-46-34-26(5)13-10-14-27(34)6)33(43)37(45)41-22-48-38(7,8)35(41)36(44)39-20-30-24(3)11-9-12-25(30)4/h9-18,23,31,33,35,43H,19-22H2,1-8H3,(H,39,44)(H,40,42)/t31-,33-,35?/m0/s1. The van der Waals surface area contributed by atoms with Crippen LogP contribution in [0.2, 0.25) is 0 Å². The number of hydrogen-bond acceptors (Lipinski definition) is 7. The summed E-state index contributed by atoms with van der Waals surface area (Å²) in [5.41, 5.74) is 5.76. The lowest BCUT2D eigenvalue weighted by molar-refractivity contribution is -0.148. The molecule has 0 aliphatic carbocycles. The fraction of sp³-hybridized carbons (Fsp3) is 0.447. The van der Waals surface area contributed by atoms with Crippen LogP contribution in [0.1, 0.15) is 61.1 Å². The van der Waals surface area contributed by atoms with E-state index in [4.69, 9.17) is 9.47 Å². The first-order valence-electron chi connectivity index (χ1n) is 16.4. The molecule has 258 valence electrons. The summed E-state index contributed by atoms with van der Waals surface area (Å²) >= 11 is 1.47. The molecule has 0 spiro atoms. The normalized spacial score (nSPS) is 16.7. The van der Waals surface area contributed by atoms with Crippen molar-refractivity contribution in [2.24, 2.45) is 0 Å². The van der Waals surface area contributed by atoms with Crippen LogP contribution in [0, 0.1) is 27.7 Å². The SMILES string of the molecule is Cc1cccc(C)c1CNC(=O)C1N(C(=O)[C@@H](O)[C@H](Cc2ccc(OC(C)C)cc2)NC(=O)COc2c(C)cccc2C)CSC1(C)C. The first kappa shape index (κ1) is 36.8. The summed E-state index contributed by atoms with van der Waals surface area (Å²) in [6.45, 7) is 15.6. The second-order valence-electron chi connectivity index (χ2n) is 13.3. The molecule has 3 aromatic rings. The first-order valence-corrected chi connectivity index (χ1v) is 17.4. The number of nitrogens with zero attached hydrogens (tertiary/aromatic N) is 1. The number of carbonyl (C=O) groups excluding carboxylic acids is 3. The molecule has 10 heteroatoms. The van der Waals surface area contributed by atoms with E-state index in [1.165, 1.54) is 16.7 Å². The molecular formula is C38H49N3O6S. The number of aliphatic hydroxyl groups is 1. The van der Waals surface area contributed by atoms with Gasteiger partial charge < -0.3 is 30.1 Å². The Morgan fingerprint density at radius 2 is 1.52 bits per heavy atom. The van der Waals surface area contributed by atoms with Crippen molar-refractivity contribution in [3.63, 3.8) is 0 Å². The van der Waals surface area contributed by atoms with Crippen LogP contribution in [0.25, 0.3) is 0 Å². The number of rotatable bonds is 13. The van der Waals surface area contributed by atoms with Gasteiger partial charge in [-0.05, 0) is 107 Å².